The zero-order chi connectivity index (χ0) is 17.2. The van der Waals surface area contributed by atoms with Crippen LogP contribution in [-0.2, 0) is 6.54 Å². The molecule has 0 N–H and O–H groups in total. The first-order valence-corrected chi connectivity index (χ1v) is 9.15. The zero-order valence-electron chi connectivity index (χ0n) is 13.5. The second kappa shape index (κ2) is 6.69. The molecule has 0 radical (unpaired) electrons. The Morgan fingerprint density at radius 2 is 2.20 bits per heavy atom. The van der Waals surface area contributed by atoms with Crippen LogP contribution in [0.2, 0.25) is 0 Å². The molecular weight excluding hydrogens is 336 g/mol. The number of carbonyl (C=O) groups is 1. The third kappa shape index (κ3) is 3.15. The number of benzene rings is 1. The fourth-order valence-electron chi connectivity index (χ4n) is 2.86. The van der Waals surface area contributed by atoms with Crippen LogP contribution < -0.4 is 0 Å². The normalized spacial score (nSPS) is 13.9. The van der Waals surface area contributed by atoms with Crippen molar-refractivity contribution in [2.24, 2.45) is 0 Å². The number of hydrogen-bond donors (Lipinski definition) is 0. The molecule has 1 aliphatic rings. The minimum atomic E-state index is 0.0438. The Hall–Kier alpha value is -2.66. The van der Waals surface area contributed by atoms with Gasteiger partial charge < -0.3 is 4.57 Å². The van der Waals surface area contributed by atoms with Crippen LogP contribution in [0.4, 0.5) is 0 Å². The highest BCUT2D eigenvalue weighted by atomic mass is 32.2. The van der Waals surface area contributed by atoms with Crippen molar-refractivity contribution in [3.63, 3.8) is 0 Å². The maximum atomic E-state index is 12.8. The Labute approximate surface area is 148 Å². The van der Waals surface area contributed by atoms with Gasteiger partial charge >= 0.3 is 0 Å². The Kier molecular flexibility index (Phi) is 4.24. The highest BCUT2D eigenvalue weighted by molar-refractivity contribution is 7.99. The molecule has 3 aromatic rings. The molecule has 0 atom stereocenters. The summed E-state index contributed by atoms with van der Waals surface area (Å²) in [5, 5.41) is 22.2. The maximum absolute atomic E-state index is 12.8. The lowest BCUT2D eigenvalue weighted by atomic mass is 10.1. The largest absolute Gasteiger partial charge is 0.346 e. The molecule has 0 spiro atoms. The molecule has 0 aliphatic heterocycles. The molecule has 126 valence electrons. The number of carbonyl (C=O) groups excluding carboxylic acids is 1. The molecule has 8 heteroatoms. The predicted octanol–water partition coefficient (Wildman–Crippen LogP) is 2.85. The molecule has 0 saturated heterocycles. The third-order valence-electron chi connectivity index (χ3n) is 4.24. The van der Waals surface area contributed by atoms with Crippen LogP contribution in [0.3, 0.4) is 0 Å². The van der Waals surface area contributed by atoms with E-state index in [0.29, 0.717) is 35.5 Å². The van der Waals surface area contributed by atoms with Crippen LogP contribution in [0, 0.1) is 11.3 Å². The SMILES string of the molecule is N#CCCn1cc(C(=O)CSc2nnnn2C2CC2)c2ccccc21. The molecule has 0 bridgehead atoms. The highest BCUT2D eigenvalue weighted by Gasteiger charge is 2.28. The number of para-hydroxylation sites is 1. The summed E-state index contributed by atoms with van der Waals surface area (Å²) in [6.45, 7) is 0.581. The molecule has 1 fully saturated rings. The van der Waals surface area contributed by atoms with E-state index in [4.69, 9.17) is 5.26 Å². The first-order valence-electron chi connectivity index (χ1n) is 8.16. The second-order valence-corrected chi connectivity index (χ2v) is 6.95. The van der Waals surface area contributed by atoms with Gasteiger partial charge in [0.25, 0.3) is 0 Å². The van der Waals surface area contributed by atoms with Crippen molar-refractivity contribution >= 4 is 28.4 Å². The van der Waals surface area contributed by atoms with Gasteiger partial charge in [-0.3, -0.25) is 4.79 Å². The van der Waals surface area contributed by atoms with Gasteiger partial charge in [-0.2, -0.15) is 5.26 Å². The summed E-state index contributed by atoms with van der Waals surface area (Å²) in [6, 6.07) is 10.3. The fourth-order valence-corrected chi connectivity index (χ4v) is 3.69. The van der Waals surface area contributed by atoms with Crippen molar-refractivity contribution in [1.82, 2.24) is 24.8 Å². The number of aryl methyl sites for hydroxylation is 1. The van der Waals surface area contributed by atoms with E-state index in [2.05, 4.69) is 21.6 Å². The van der Waals surface area contributed by atoms with Gasteiger partial charge in [0.1, 0.15) is 0 Å². The van der Waals surface area contributed by atoms with Crippen molar-refractivity contribution in [2.45, 2.75) is 37.0 Å². The lowest BCUT2D eigenvalue weighted by Crippen LogP contribution is -2.05. The molecule has 1 aromatic carbocycles. The van der Waals surface area contributed by atoms with Crippen LogP contribution in [0.5, 0.6) is 0 Å². The Balaban J connectivity index is 1.55. The summed E-state index contributed by atoms with van der Waals surface area (Å²) in [4.78, 5) is 12.8. The zero-order valence-corrected chi connectivity index (χ0v) is 14.3. The first-order chi connectivity index (χ1) is 12.3. The minimum absolute atomic E-state index is 0.0438. The van der Waals surface area contributed by atoms with Crippen LogP contribution >= 0.6 is 11.8 Å². The Bertz CT molecular complexity index is 965. The number of ketones is 1. The number of tetrazole rings is 1. The molecule has 1 saturated carbocycles. The third-order valence-corrected chi connectivity index (χ3v) is 5.17. The van der Waals surface area contributed by atoms with Gasteiger partial charge in [0, 0.05) is 29.2 Å². The number of rotatable bonds is 7. The van der Waals surface area contributed by atoms with Crippen LogP contribution in [-0.4, -0.2) is 36.3 Å². The molecule has 25 heavy (non-hydrogen) atoms. The van der Waals surface area contributed by atoms with Crippen LogP contribution in [0.15, 0.2) is 35.6 Å². The van der Waals surface area contributed by atoms with Gasteiger partial charge in [-0.15, -0.1) is 5.10 Å². The molecule has 0 amide bonds. The van der Waals surface area contributed by atoms with Crippen molar-refractivity contribution in [3.8, 4) is 6.07 Å². The fraction of sp³-hybridized carbons (Fsp3) is 0.353. The molecule has 4 rings (SSSR count). The van der Waals surface area contributed by atoms with E-state index < -0.39 is 0 Å². The lowest BCUT2D eigenvalue weighted by Gasteiger charge is -2.01. The van der Waals surface area contributed by atoms with Crippen molar-refractivity contribution in [2.75, 3.05) is 5.75 Å². The number of nitriles is 1. The highest BCUT2D eigenvalue weighted by Crippen LogP contribution is 2.36. The summed E-state index contributed by atoms with van der Waals surface area (Å²) < 4.78 is 3.79. The van der Waals surface area contributed by atoms with E-state index in [1.54, 1.807) is 0 Å². The second-order valence-electron chi connectivity index (χ2n) is 6.01. The van der Waals surface area contributed by atoms with Crippen LogP contribution in [0.25, 0.3) is 10.9 Å². The van der Waals surface area contributed by atoms with Gasteiger partial charge in [0.05, 0.1) is 24.3 Å². The summed E-state index contributed by atoms with van der Waals surface area (Å²) >= 11 is 1.38. The standard InChI is InChI=1S/C17H16N6OS/c18-8-3-9-22-10-14(13-4-1-2-5-15(13)22)16(24)11-25-17-19-20-21-23(17)12-6-7-12/h1-2,4-5,10,12H,3,6-7,9,11H2. The van der Waals surface area contributed by atoms with Gasteiger partial charge in [-0.05, 0) is 29.3 Å². The molecule has 7 nitrogen and oxygen atoms in total. The maximum Gasteiger partial charge on any atom is 0.210 e. The number of Topliss-reactive ketones (excluding diaryl/α,β-unsaturated/α-hetero) is 1. The Morgan fingerprint density at radius 1 is 1.36 bits per heavy atom. The molecule has 2 aromatic heterocycles. The summed E-state index contributed by atoms with van der Waals surface area (Å²) in [5.41, 5.74) is 1.67. The predicted molar refractivity (Wildman–Crippen MR) is 93.3 cm³/mol. The quantitative estimate of drug-likeness (QED) is 0.480. The van der Waals surface area contributed by atoms with E-state index in [0.717, 1.165) is 23.7 Å². The van der Waals surface area contributed by atoms with Crippen molar-refractivity contribution in [3.05, 3.63) is 36.0 Å². The molecular formula is C17H16N6OS. The van der Waals surface area contributed by atoms with Crippen molar-refractivity contribution in [1.29, 1.82) is 5.26 Å². The van der Waals surface area contributed by atoms with E-state index >= 15 is 0 Å². The van der Waals surface area contributed by atoms with Gasteiger partial charge in [-0.1, -0.05) is 30.0 Å². The number of aromatic nitrogens is 5. The molecule has 1 aliphatic carbocycles. The first kappa shape index (κ1) is 15.8. The Morgan fingerprint density at radius 3 is 3.00 bits per heavy atom. The number of nitrogens with zero attached hydrogens (tertiary/aromatic N) is 6. The topological polar surface area (TPSA) is 89.4 Å². The average molecular weight is 352 g/mol. The summed E-state index contributed by atoms with van der Waals surface area (Å²) in [5.74, 6) is 0.335. The van der Waals surface area contributed by atoms with Gasteiger partial charge in [0.15, 0.2) is 5.78 Å². The number of thioether (sulfide) groups is 1. The van der Waals surface area contributed by atoms with Gasteiger partial charge in [-0.25, -0.2) is 4.68 Å². The molecule has 2 heterocycles. The van der Waals surface area contributed by atoms with E-state index in [1.165, 1.54) is 11.8 Å². The smallest absolute Gasteiger partial charge is 0.210 e. The molecule has 0 unspecified atom stereocenters. The van der Waals surface area contributed by atoms with E-state index in [1.807, 2.05) is 39.7 Å². The summed E-state index contributed by atoms with van der Waals surface area (Å²) in [6.07, 6.45) is 4.46. The van der Waals surface area contributed by atoms with Gasteiger partial charge in [0.2, 0.25) is 5.16 Å². The average Bonchev–Trinajstić information content (AvgIpc) is 3.26. The minimum Gasteiger partial charge on any atom is -0.346 e. The van der Waals surface area contributed by atoms with E-state index in [9.17, 15) is 4.79 Å². The number of fused-ring (bicyclic) bond motifs is 1. The van der Waals surface area contributed by atoms with E-state index in [-0.39, 0.29) is 5.78 Å². The summed E-state index contributed by atoms with van der Waals surface area (Å²) in [7, 11) is 0. The van der Waals surface area contributed by atoms with Crippen LogP contribution in [0.1, 0.15) is 35.7 Å². The van der Waals surface area contributed by atoms with Crippen molar-refractivity contribution < 1.29 is 4.79 Å². The number of hydrogen-bond acceptors (Lipinski definition) is 6. The lowest BCUT2D eigenvalue weighted by molar-refractivity contribution is 0.102. The monoisotopic (exact) mass is 352 g/mol.